The Morgan fingerprint density at radius 2 is 2.35 bits per heavy atom. The van der Waals surface area contributed by atoms with Crippen molar-refractivity contribution in [1.82, 2.24) is 5.32 Å². The van der Waals surface area contributed by atoms with Crippen LogP contribution >= 0.6 is 11.3 Å². The van der Waals surface area contributed by atoms with Gasteiger partial charge in [-0.25, -0.2) is 0 Å². The molecule has 0 aliphatic carbocycles. The predicted octanol–water partition coefficient (Wildman–Crippen LogP) is 3.58. The Morgan fingerprint density at radius 1 is 1.53 bits per heavy atom. The topological polar surface area (TPSA) is 21.3 Å². The summed E-state index contributed by atoms with van der Waals surface area (Å²) in [6, 6.07) is 2.77. The third-order valence-electron chi connectivity index (χ3n) is 3.37. The average Bonchev–Trinajstić information content (AvgIpc) is 2.88. The van der Waals surface area contributed by atoms with Crippen molar-refractivity contribution >= 4 is 11.3 Å². The highest BCUT2D eigenvalue weighted by Gasteiger charge is 2.23. The van der Waals surface area contributed by atoms with Crippen molar-refractivity contribution in [2.75, 3.05) is 13.2 Å². The Kier molecular flexibility index (Phi) is 4.60. The zero-order valence-electron chi connectivity index (χ0n) is 11.1. The van der Waals surface area contributed by atoms with E-state index in [1.165, 1.54) is 28.2 Å². The molecule has 2 atom stereocenters. The third kappa shape index (κ3) is 3.30. The van der Waals surface area contributed by atoms with Gasteiger partial charge in [0.05, 0.1) is 6.10 Å². The summed E-state index contributed by atoms with van der Waals surface area (Å²) in [7, 11) is 0. The Balaban J connectivity index is 2.07. The van der Waals surface area contributed by atoms with Crippen molar-refractivity contribution in [2.24, 2.45) is 0 Å². The summed E-state index contributed by atoms with van der Waals surface area (Å²) in [5.74, 6) is 0. The molecule has 2 nitrogen and oxygen atoms in total. The van der Waals surface area contributed by atoms with E-state index in [1.54, 1.807) is 0 Å². The van der Waals surface area contributed by atoms with E-state index < -0.39 is 0 Å². The van der Waals surface area contributed by atoms with Crippen molar-refractivity contribution in [3.05, 3.63) is 21.4 Å². The maximum absolute atomic E-state index is 5.76. The van der Waals surface area contributed by atoms with Crippen LogP contribution in [0.1, 0.15) is 47.5 Å². The molecule has 1 aromatic heterocycles. The van der Waals surface area contributed by atoms with Crippen LogP contribution in [0.2, 0.25) is 0 Å². The quantitative estimate of drug-likeness (QED) is 0.866. The Labute approximate surface area is 108 Å². The molecule has 17 heavy (non-hydrogen) atoms. The minimum atomic E-state index is 0.459. The van der Waals surface area contributed by atoms with Gasteiger partial charge in [-0.15, -0.1) is 11.3 Å². The van der Waals surface area contributed by atoms with Gasteiger partial charge < -0.3 is 10.1 Å². The minimum absolute atomic E-state index is 0.459. The van der Waals surface area contributed by atoms with Crippen LogP contribution in [0.5, 0.6) is 0 Å². The first-order chi connectivity index (χ1) is 8.20. The lowest BCUT2D eigenvalue weighted by molar-refractivity contribution is 0.0950. The molecular weight excluding hydrogens is 230 g/mol. The Hall–Kier alpha value is -0.380. The standard InChI is InChI=1S/C14H23NOS/c1-4-15-13(9-12-6-5-7-16-12)14-10(2)8-11(3)17-14/h8,12-13,15H,4-7,9H2,1-3H3. The highest BCUT2D eigenvalue weighted by Crippen LogP contribution is 2.32. The van der Waals surface area contributed by atoms with Gasteiger partial charge in [0.25, 0.3) is 0 Å². The number of hydrogen-bond donors (Lipinski definition) is 1. The van der Waals surface area contributed by atoms with Crippen molar-refractivity contribution in [1.29, 1.82) is 0 Å². The zero-order valence-corrected chi connectivity index (χ0v) is 11.9. The predicted molar refractivity (Wildman–Crippen MR) is 73.8 cm³/mol. The molecule has 1 saturated heterocycles. The SMILES string of the molecule is CCNC(CC1CCCO1)c1sc(C)cc1C. The fourth-order valence-corrected chi connectivity index (χ4v) is 3.75. The number of ether oxygens (including phenoxy) is 1. The Bertz CT molecular complexity index is 355. The van der Waals surface area contributed by atoms with Gasteiger partial charge in [0.15, 0.2) is 0 Å². The zero-order chi connectivity index (χ0) is 12.3. The van der Waals surface area contributed by atoms with Gasteiger partial charge in [0, 0.05) is 22.4 Å². The molecule has 2 heterocycles. The second kappa shape index (κ2) is 5.98. The highest BCUT2D eigenvalue weighted by molar-refractivity contribution is 7.12. The van der Waals surface area contributed by atoms with Gasteiger partial charge in [-0.3, -0.25) is 0 Å². The molecule has 1 aliphatic heterocycles. The van der Waals surface area contributed by atoms with Crippen LogP contribution in [0.4, 0.5) is 0 Å². The number of aryl methyl sites for hydroxylation is 2. The third-order valence-corrected chi connectivity index (χ3v) is 4.64. The molecule has 96 valence electrons. The molecule has 3 heteroatoms. The van der Waals surface area contributed by atoms with Crippen LogP contribution in [0.3, 0.4) is 0 Å². The summed E-state index contributed by atoms with van der Waals surface area (Å²) in [6.45, 7) is 8.56. The van der Waals surface area contributed by atoms with Gasteiger partial charge in [-0.1, -0.05) is 6.92 Å². The lowest BCUT2D eigenvalue weighted by Gasteiger charge is -2.21. The van der Waals surface area contributed by atoms with E-state index in [1.807, 2.05) is 11.3 Å². The largest absolute Gasteiger partial charge is 0.378 e. The molecule has 2 unspecified atom stereocenters. The molecule has 0 aromatic carbocycles. The smallest absolute Gasteiger partial charge is 0.0594 e. The summed E-state index contributed by atoms with van der Waals surface area (Å²) in [5, 5.41) is 3.61. The van der Waals surface area contributed by atoms with E-state index in [2.05, 4.69) is 32.2 Å². The number of thiophene rings is 1. The van der Waals surface area contributed by atoms with Gasteiger partial charge in [-0.05, 0) is 51.3 Å². The van der Waals surface area contributed by atoms with Crippen LogP contribution in [-0.2, 0) is 4.74 Å². The summed E-state index contributed by atoms with van der Waals surface area (Å²) in [5.41, 5.74) is 1.43. The first-order valence-electron chi connectivity index (χ1n) is 6.62. The molecule has 0 saturated carbocycles. The maximum atomic E-state index is 5.76. The van der Waals surface area contributed by atoms with Crippen molar-refractivity contribution in [3.63, 3.8) is 0 Å². The molecule has 0 spiro atoms. The van der Waals surface area contributed by atoms with Crippen LogP contribution in [0.15, 0.2) is 6.07 Å². The number of rotatable bonds is 5. The second-order valence-corrected chi connectivity index (χ2v) is 6.17. The van der Waals surface area contributed by atoms with Crippen LogP contribution in [-0.4, -0.2) is 19.3 Å². The van der Waals surface area contributed by atoms with Crippen molar-refractivity contribution in [2.45, 2.75) is 52.2 Å². The van der Waals surface area contributed by atoms with E-state index in [9.17, 15) is 0 Å². The number of nitrogens with one attached hydrogen (secondary N) is 1. The second-order valence-electron chi connectivity index (χ2n) is 4.89. The van der Waals surface area contributed by atoms with E-state index in [4.69, 9.17) is 4.74 Å². The first kappa shape index (κ1) is 13.1. The van der Waals surface area contributed by atoms with E-state index in [-0.39, 0.29) is 0 Å². The van der Waals surface area contributed by atoms with Gasteiger partial charge >= 0.3 is 0 Å². The first-order valence-corrected chi connectivity index (χ1v) is 7.44. The summed E-state index contributed by atoms with van der Waals surface area (Å²) in [4.78, 5) is 2.91. The molecule has 2 rings (SSSR count). The molecule has 1 fully saturated rings. The van der Waals surface area contributed by atoms with E-state index >= 15 is 0 Å². The molecule has 0 bridgehead atoms. The van der Waals surface area contributed by atoms with Crippen LogP contribution in [0.25, 0.3) is 0 Å². The van der Waals surface area contributed by atoms with Gasteiger partial charge in [-0.2, -0.15) is 0 Å². The summed E-state index contributed by atoms with van der Waals surface area (Å²) < 4.78 is 5.76. The fraction of sp³-hybridized carbons (Fsp3) is 0.714. The molecule has 1 N–H and O–H groups in total. The lowest BCUT2D eigenvalue weighted by Crippen LogP contribution is -2.25. The summed E-state index contributed by atoms with van der Waals surface area (Å²) in [6.07, 6.45) is 4.03. The fourth-order valence-electron chi connectivity index (χ4n) is 2.63. The van der Waals surface area contributed by atoms with E-state index in [0.29, 0.717) is 12.1 Å². The monoisotopic (exact) mass is 253 g/mol. The van der Waals surface area contributed by atoms with E-state index in [0.717, 1.165) is 19.6 Å². The number of hydrogen-bond acceptors (Lipinski definition) is 3. The highest BCUT2D eigenvalue weighted by atomic mass is 32.1. The van der Waals surface area contributed by atoms with Crippen molar-refractivity contribution in [3.8, 4) is 0 Å². The average molecular weight is 253 g/mol. The minimum Gasteiger partial charge on any atom is -0.378 e. The molecule has 1 aromatic rings. The van der Waals surface area contributed by atoms with Crippen LogP contribution in [0, 0.1) is 13.8 Å². The lowest BCUT2D eigenvalue weighted by atomic mass is 10.0. The molecule has 0 amide bonds. The Morgan fingerprint density at radius 3 is 2.88 bits per heavy atom. The maximum Gasteiger partial charge on any atom is 0.0594 e. The van der Waals surface area contributed by atoms with Crippen molar-refractivity contribution < 1.29 is 4.74 Å². The molecule has 0 radical (unpaired) electrons. The van der Waals surface area contributed by atoms with Gasteiger partial charge in [0.2, 0.25) is 0 Å². The summed E-state index contributed by atoms with van der Waals surface area (Å²) >= 11 is 1.93. The molecular formula is C14H23NOS. The molecule has 1 aliphatic rings. The normalized spacial score (nSPS) is 21.9. The van der Waals surface area contributed by atoms with Gasteiger partial charge in [0.1, 0.15) is 0 Å². The van der Waals surface area contributed by atoms with Crippen LogP contribution < -0.4 is 5.32 Å².